The lowest BCUT2D eigenvalue weighted by atomic mass is 9.89. The third-order valence-electron chi connectivity index (χ3n) is 5.33. The molecule has 0 aromatic heterocycles. The number of aryl methyl sites for hydroxylation is 1. The molecule has 25 heavy (non-hydrogen) atoms. The molecular weight excluding hydrogens is 306 g/mol. The van der Waals surface area contributed by atoms with Crippen molar-refractivity contribution in [3.05, 3.63) is 71.3 Å². The molecule has 0 amide bonds. The third-order valence-corrected chi connectivity index (χ3v) is 5.33. The minimum atomic E-state index is 0.284. The zero-order valence-electron chi connectivity index (χ0n) is 15.3. The molecule has 0 unspecified atom stereocenters. The van der Waals surface area contributed by atoms with Gasteiger partial charge in [-0.15, -0.1) is 0 Å². The Bertz CT molecular complexity index is 672. The van der Waals surface area contributed by atoms with Gasteiger partial charge in [0.25, 0.3) is 0 Å². The maximum atomic E-state index is 12.2. The number of benzene rings is 2. The maximum Gasteiger partial charge on any atom is 0.162 e. The van der Waals surface area contributed by atoms with Gasteiger partial charge in [-0.05, 0) is 69.8 Å². The van der Waals surface area contributed by atoms with Gasteiger partial charge in [0.05, 0.1) is 0 Å². The molecule has 0 bridgehead atoms. The Morgan fingerprint density at radius 3 is 2.48 bits per heavy atom. The van der Waals surface area contributed by atoms with E-state index in [1.807, 2.05) is 31.2 Å². The molecule has 1 aliphatic rings. The lowest BCUT2D eigenvalue weighted by molar-refractivity contribution is 0.0977. The van der Waals surface area contributed by atoms with E-state index in [2.05, 4.69) is 35.2 Å². The zero-order valence-corrected chi connectivity index (χ0v) is 15.3. The van der Waals surface area contributed by atoms with E-state index in [1.54, 1.807) is 0 Å². The number of ketones is 1. The first-order valence-corrected chi connectivity index (χ1v) is 9.59. The van der Waals surface area contributed by atoms with Crippen molar-refractivity contribution in [2.45, 2.75) is 44.9 Å². The van der Waals surface area contributed by atoms with Gasteiger partial charge in [-0.3, -0.25) is 4.79 Å². The van der Waals surface area contributed by atoms with Gasteiger partial charge in [0.2, 0.25) is 0 Å². The van der Waals surface area contributed by atoms with Crippen molar-refractivity contribution in [1.29, 1.82) is 0 Å². The number of rotatable bonds is 7. The van der Waals surface area contributed by atoms with Crippen LogP contribution in [0.3, 0.4) is 0 Å². The fourth-order valence-corrected chi connectivity index (χ4v) is 3.80. The summed E-state index contributed by atoms with van der Waals surface area (Å²) in [4.78, 5) is 14.8. The lowest BCUT2D eigenvalue weighted by Gasteiger charge is -2.32. The van der Waals surface area contributed by atoms with Crippen LogP contribution < -0.4 is 0 Å². The van der Waals surface area contributed by atoms with E-state index >= 15 is 0 Å². The molecule has 2 heteroatoms. The monoisotopic (exact) mass is 335 g/mol. The molecule has 0 aliphatic carbocycles. The fraction of sp³-hybridized carbons (Fsp3) is 0.435. The highest BCUT2D eigenvalue weighted by atomic mass is 16.1. The van der Waals surface area contributed by atoms with Crippen molar-refractivity contribution >= 4 is 5.78 Å². The highest BCUT2D eigenvalue weighted by molar-refractivity contribution is 5.96. The molecular formula is C23H29NO. The Kier molecular flexibility index (Phi) is 6.41. The molecule has 3 rings (SSSR count). The van der Waals surface area contributed by atoms with Crippen molar-refractivity contribution in [3.8, 4) is 0 Å². The van der Waals surface area contributed by atoms with Crippen LogP contribution in [0.25, 0.3) is 0 Å². The second kappa shape index (κ2) is 8.96. The highest BCUT2D eigenvalue weighted by Gasteiger charge is 2.19. The van der Waals surface area contributed by atoms with Crippen molar-refractivity contribution in [2.24, 2.45) is 0 Å². The van der Waals surface area contributed by atoms with Crippen molar-refractivity contribution in [3.63, 3.8) is 0 Å². The Hall–Kier alpha value is -1.93. The van der Waals surface area contributed by atoms with E-state index in [-0.39, 0.29) is 5.78 Å². The Labute approximate surface area is 151 Å². The van der Waals surface area contributed by atoms with E-state index in [0.717, 1.165) is 36.4 Å². The predicted octanol–water partition coefficient (Wildman–Crippen LogP) is 5.23. The zero-order chi connectivity index (χ0) is 17.5. The van der Waals surface area contributed by atoms with Gasteiger partial charge in [0, 0.05) is 12.0 Å². The third kappa shape index (κ3) is 5.27. The van der Waals surface area contributed by atoms with Gasteiger partial charge in [0.15, 0.2) is 5.78 Å². The SMILES string of the molecule is Cc1cccc(C(=O)CCCCN2CCC(c3ccccc3)CC2)c1. The van der Waals surface area contributed by atoms with Gasteiger partial charge >= 0.3 is 0 Å². The normalized spacial score (nSPS) is 16.0. The van der Waals surface area contributed by atoms with Crippen molar-refractivity contribution < 1.29 is 4.79 Å². The summed E-state index contributed by atoms with van der Waals surface area (Å²) in [6.07, 6.45) is 5.29. The van der Waals surface area contributed by atoms with Gasteiger partial charge in [0.1, 0.15) is 0 Å². The van der Waals surface area contributed by atoms with Crippen molar-refractivity contribution in [1.82, 2.24) is 4.90 Å². The second-order valence-electron chi connectivity index (χ2n) is 7.28. The molecule has 0 spiro atoms. The first-order chi connectivity index (χ1) is 12.2. The summed E-state index contributed by atoms with van der Waals surface area (Å²) in [5.74, 6) is 1.01. The van der Waals surface area contributed by atoms with Crippen LogP contribution in [0.15, 0.2) is 54.6 Å². The van der Waals surface area contributed by atoms with Gasteiger partial charge in [-0.1, -0.05) is 54.1 Å². The molecule has 0 N–H and O–H groups in total. The number of Topliss-reactive ketones (excluding diaryl/α,β-unsaturated/α-hetero) is 1. The molecule has 1 heterocycles. The molecule has 1 fully saturated rings. The average Bonchev–Trinajstić information content (AvgIpc) is 2.66. The molecule has 2 aromatic carbocycles. The lowest BCUT2D eigenvalue weighted by Crippen LogP contribution is -2.33. The van der Waals surface area contributed by atoms with E-state index in [0.29, 0.717) is 6.42 Å². The number of carbonyl (C=O) groups is 1. The Morgan fingerprint density at radius 2 is 1.76 bits per heavy atom. The molecule has 1 saturated heterocycles. The Morgan fingerprint density at radius 1 is 1.00 bits per heavy atom. The topological polar surface area (TPSA) is 20.3 Å². The number of likely N-dealkylation sites (tertiary alicyclic amines) is 1. The Balaban J connectivity index is 1.34. The highest BCUT2D eigenvalue weighted by Crippen LogP contribution is 2.27. The first-order valence-electron chi connectivity index (χ1n) is 9.59. The number of carbonyl (C=O) groups excluding carboxylic acids is 1. The average molecular weight is 335 g/mol. The molecule has 1 aliphatic heterocycles. The van der Waals surface area contributed by atoms with Crippen LogP contribution in [0.1, 0.15) is 59.5 Å². The summed E-state index contributed by atoms with van der Waals surface area (Å²) >= 11 is 0. The molecule has 132 valence electrons. The van der Waals surface area contributed by atoms with Crippen LogP contribution in [0.5, 0.6) is 0 Å². The van der Waals surface area contributed by atoms with Crippen molar-refractivity contribution in [2.75, 3.05) is 19.6 Å². The number of unbranched alkanes of at least 4 members (excludes halogenated alkanes) is 1. The maximum absolute atomic E-state index is 12.2. The smallest absolute Gasteiger partial charge is 0.162 e. The van der Waals surface area contributed by atoms with Crippen LogP contribution in [0.2, 0.25) is 0 Å². The van der Waals surface area contributed by atoms with Crippen LogP contribution in [0.4, 0.5) is 0 Å². The van der Waals surface area contributed by atoms with Crippen LogP contribution in [-0.2, 0) is 0 Å². The van der Waals surface area contributed by atoms with E-state index in [9.17, 15) is 4.79 Å². The van der Waals surface area contributed by atoms with E-state index < -0.39 is 0 Å². The molecule has 0 saturated carbocycles. The number of piperidine rings is 1. The van der Waals surface area contributed by atoms with Gasteiger partial charge < -0.3 is 4.90 Å². The summed E-state index contributed by atoms with van der Waals surface area (Å²) < 4.78 is 0. The van der Waals surface area contributed by atoms with E-state index in [4.69, 9.17) is 0 Å². The molecule has 2 nitrogen and oxygen atoms in total. The van der Waals surface area contributed by atoms with Crippen LogP contribution in [0, 0.1) is 6.92 Å². The fourth-order valence-electron chi connectivity index (χ4n) is 3.80. The second-order valence-corrected chi connectivity index (χ2v) is 7.28. The summed E-state index contributed by atoms with van der Waals surface area (Å²) in [5, 5.41) is 0. The minimum absolute atomic E-state index is 0.284. The summed E-state index contributed by atoms with van der Waals surface area (Å²) in [6, 6.07) is 18.8. The van der Waals surface area contributed by atoms with Crippen LogP contribution >= 0.6 is 0 Å². The molecule has 0 atom stereocenters. The number of hydrogen-bond donors (Lipinski definition) is 0. The predicted molar refractivity (Wildman–Crippen MR) is 104 cm³/mol. The van der Waals surface area contributed by atoms with E-state index in [1.165, 1.54) is 31.5 Å². The minimum Gasteiger partial charge on any atom is -0.303 e. The largest absolute Gasteiger partial charge is 0.303 e. The standard InChI is InChI=1S/C23H29NO/c1-19-8-7-11-22(18-19)23(25)12-5-6-15-24-16-13-21(14-17-24)20-9-3-2-4-10-20/h2-4,7-11,18,21H,5-6,12-17H2,1H3. The molecule has 2 aromatic rings. The summed E-state index contributed by atoms with van der Waals surface area (Å²) in [5.41, 5.74) is 3.52. The summed E-state index contributed by atoms with van der Waals surface area (Å²) in [6.45, 7) is 5.54. The van der Waals surface area contributed by atoms with Gasteiger partial charge in [-0.25, -0.2) is 0 Å². The van der Waals surface area contributed by atoms with Crippen LogP contribution in [-0.4, -0.2) is 30.3 Å². The quantitative estimate of drug-likeness (QED) is 0.510. The number of hydrogen-bond acceptors (Lipinski definition) is 2. The molecule has 0 radical (unpaired) electrons. The summed E-state index contributed by atoms with van der Waals surface area (Å²) in [7, 11) is 0. The number of nitrogens with zero attached hydrogens (tertiary/aromatic N) is 1. The first kappa shape index (κ1) is 17.9. The van der Waals surface area contributed by atoms with Gasteiger partial charge in [-0.2, -0.15) is 0 Å².